The number of aromatic nitrogens is 1. The molecule has 0 radical (unpaired) electrons. The maximum atomic E-state index is 5.73. The second-order valence-electron chi connectivity index (χ2n) is 5.06. The molecule has 0 atom stereocenters. The number of aryl methyl sites for hydroxylation is 1. The topological polar surface area (TPSA) is 30.9 Å². The van der Waals surface area contributed by atoms with E-state index in [9.17, 15) is 0 Å². The van der Waals surface area contributed by atoms with Gasteiger partial charge in [-0.05, 0) is 42.1 Å². The van der Waals surface area contributed by atoms with E-state index in [1.165, 1.54) is 21.4 Å². The van der Waals surface area contributed by atoms with Gasteiger partial charge in [0.15, 0.2) is 0 Å². The van der Waals surface area contributed by atoms with Gasteiger partial charge in [-0.3, -0.25) is 0 Å². The number of thioether (sulfide) groups is 1. The second kappa shape index (κ2) is 6.83. The van der Waals surface area contributed by atoms with Crippen molar-refractivity contribution in [3.05, 3.63) is 66.4 Å². The minimum atomic E-state index is 0.697. The van der Waals surface area contributed by atoms with Crippen LogP contribution in [0.1, 0.15) is 5.56 Å². The summed E-state index contributed by atoms with van der Waals surface area (Å²) in [6.07, 6.45) is 3.13. The second-order valence-corrected chi connectivity index (χ2v) is 6.23. The van der Waals surface area contributed by atoms with E-state index in [-0.39, 0.29) is 0 Å². The minimum Gasteiger partial charge on any atom is -0.346 e. The lowest BCUT2D eigenvalue weighted by atomic mass is 10.1. The Kier molecular flexibility index (Phi) is 4.63. The highest BCUT2D eigenvalue weighted by atomic mass is 32.2. The van der Waals surface area contributed by atoms with Crippen molar-refractivity contribution in [2.75, 3.05) is 12.3 Å². The Morgan fingerprint density at radius 2 is 1.81 bits per heavy atom. The van der Waals surface area contributed by atoms with Gasteiger partial charge in [-0.1, -0.05) is 36.4 Å². The van der Waals surface area contributed by atoms with E-state index in [1.54, 1.807) is 0 Å². The number of hydrogen-bond donors (Lipinski definition) is 1. The molecule has 0 saturated carbocycles. The van der Waals surface area contributed by atoms with Gasteiger partial charge in [0.25, 0.3) is 0 Å². The normalized spacial score (nSPS) is 11.1. The molecule has 0 aliphatic heterocycles. The molecular formula is C18H20N2S. The molecule has 2 N–H and O–H groups in total. The first-order valence-electron chi connectivity index (χ1n) is 7.33. The van der Waals surface area contributed by atoms with E-state index in [2.05, 4.69) is 65.4 Å². The Bertz CT molecular complexity index is 704. The molecule has 0 amide bonds. The van der Waals surface area contributed by atoms with Crippen LogP contribution in [-0.4, -0.2) is 16.9 Å². The lowest BCUT2D eigenvalue weighted by Gasteiger charge is -2.09. The monoisotopic (exact) mass is 296 g/mol. The fraction of sp³-hybridized carbons (Fsp3) is 0.222. The lowest BCUT2D eigenvalue weighted by Crippen LogP contribution is -2.06. The number of benzene rings is 2. The number of nitrogens with zero attached hydrogens (tertiary/aromatic N) is 1. The molecule has 0 saturated heterocycles. The minimum absolute atomic E-state index is 0.697. The van der Waals surface area contributed by atoms with Crippen molar-refractivity contribution < 1.29 is 0 Å². The highest BCUT2D eigenvalue weighted by molar-refractivity contribution is 7.99. The summed E-state index contributed by atoms with van der Waals surface area (Å²) in [6.45, 7) is 1.72. The Morgan fingerprint density at radius 3 is 2.62 bits per heavy atom. The summed E-state index contributed by atoms with van der Waals surface area (Å²) < 4.78 is 2.36. The quantitative estimate of drug-likeness (QED) is 0.699. The van der Waals surface area contributed by atoms with Crippen molar-refractivity contribution in [3.63, 3.8) is 0 Å². The molecule has 0 unspecified atom stereocenters. The molecule has 2 nitrogen and oxygen atoms in total. The van der Waals surface area contributed by atoms with Crippen LogP contribution in [0, 0.1) is 0 Å². The molecule has 0 bridgehead atoms. The molecule has 0 aliphatic rings. The van der Waals surface area contributed by atoms with Crippen LogP contribution < -0.4 is 5.73 Å². The van der Waals surface area contributed by atoms with Crippen molar-refractivity contribution in [2.24, 2.45) is 5.73 Å². The van der Waals surface area contributed by atoms with E-state index in [0.29, 0.717) is 6.54 Å². The van der Waals surface area contributed by atoms with Crippen LogP contribution in [-0.2, 0) is 13.0 Å². The average molecular weight is 296 g/mol. The molecule has 21 heavy (non-hydrogen) atoms. The smallest absolute Gasteiger partial charge is 0.0513 e. The Morgan fingerprint density at radius 1 is 0.952 bits per heavy atom. The van der Waals surface area contributed by atoms with Crippen molar-refractivity contribution >= 4 is 22.7 Å². The van der Waals surface area contributed by atoms with Crippen LogP contribution >= 0.6 is 11.8 Å². The van der Waals surface area contributed by atoms with Gasteiger partial charge in [0.1, 0.15) is 0 Å². The van der Waals surface area contributed by atoms with Crippen LogP contribution in [0.3, 0.4) is 0 Å². The summed E-state index contributed by atoms with van der Waals surface area (Å²) in [7, 11) is 0. The van der Waals surface area contributed by atoms with E-state index < -0.39 is 0 Å². The number of rotatable bonds is 6. The third kappa shape index (κ3) is 3.31. The van der Waals surface area contributed by atoms with Gasteiger partial charge in [-0.2, -0.15) is 0 Å². The Hall–Kier alpha value is -1.71. The van der Waals surface area contributed by atoms with Gasteiger partial charge >= 0.3 is 0 Å². The summed E-state index contributed by atoms with van der Waals surface area (Å²) in [5, 5.41) is 1.31. The van der Waals surface area contributed by atoms with Crippen molar-refractivity contribution in [1.82, 2.24) is 4.57 Å². The van der Waals surface area contributed by atoms with Gasteiger partial charge in [0, 0.05) is 23.4 Å². The zero-order chi connectivity index (χ0) is 14.5. The molecule has 0 aliphatic carbocycles. The van der Waals surface area contributed by atoms with E-state index in [1.807, 2.05) is 11.8 Å². The molecule has 0 fully saturated rings. The molecule has 108 valence electrons. The summed E-state index contributed by atoms with van der Waals surface area (Å²) in [6, 6.07) is 19.3. The highest BCUT2D eigenvalue weighted by Crippen LogP contribution is 2.23. The number of hydrogen-bond acceptors (Lipinski definition) is 2. The maximum absolute atomic E-state index is 5.73. The predicted octanol–water partition coefficient (Wildman–Crippen LogP) is 3.93. The van der Waals surface area contributed by atoms with Gasteiger partial charge < -0.3 is 10.3 Å². The Labute approximate surface area is 130 Å². The zero-order valence-electron chi connectivity index (χ0n) is 12.0. The standard InChI is InChI=1S/C18H20N2S/c19-11-9-15-5-4-6-16-10-12-20(18(15)16)13-14-21-17-7-2-1-3-8-17/h1-8,10,12H,9,11,13-14,19H2. The third-order valence-corrected chi connectivity index (χ3v) is 4.62. The molecule has 3 heteroatoms. The van der Waals surface area contributed by atoms with Crippen LogP contribution in [0.25, 0.3) is 10.9 Å². The van der Waals surface area contributed by atoms with E-state index in [0.717, 1.165) is 18.7 Å². The first-order valence-corrected chi connectivity index (χ1v) is 8.31. The number of para-hydroxylation sites is 1. The predicted molar refractivity (Wildman–Crippen MR) is 91.9 cm³/mol. The summed E-state index contributed by atoms with van der Waals surface area (Å²) >= 11 is 1.90. The fourth-order valence-corrected chi connectivity index (χ4v) is 3.54. The molecule has 2 aromatic carbocycles. The van der Waals surface area contributed by atoms with Crippen molar-refractivity contribution in [3.8, 4) is 0 Å². The molecule has 3 aromatic rings. The third-order valence-electron chi connectivity index (χ3n) is 3.63. The van der Waals surface area contributed by atoms with Crippen LogP contribution in [0.4, 0.5) is 0 Å². The largest absolute Gasteiger partial charge is 0.346 e. The lowest BCUT2D eigenvalue weighted by molar-refractivity contribution is 0.800. The molecule has 3 rings (SSSR count). The highest BCUT2D eigenvalue weighted by Gasteiger charge is 2.06. The number of fused-ring (bicyclic) bond motifs is 1. The summed E-state index contributed by atoms with van der Waals surface area (Å²) in [5.74, 6) is 1.07. The van der Waals surface area contributed by atoms with Crippen LogP contribution in [0.15, 0.2) is 65.7 Å². The van der Waals surface area contributed by atoms with Crippen molar-refractivity contribution in [1.29, 1.82) is 0 Å². The molecular weight excluding hydrogens is 276 g/mol. The molecule has 0 spiro atoms. The zero-order valence-corrected chi connectivity index (χ0v) is 12.9. The van der Waals surface area contributed by atoms with Gasteiger partial charge in [0.2, 0.25) is 0 Å². The first kappa shape index (κ1) is 14.2. The van der Waals surface area contributed by atoms with Gasteiger partial charge in [0.05, 0.1) is 5.52 Å². The van der Waals surface area contributed by atoms with Crippen LogP contribution in [0.5, 0.6) is 0 Å². The summed E-state index contributed by atoms with van der Waals surface area (Å²) in [4.78, 5) is 1.33. The average Bonchev–Trinajstić information content (AvgIpc) is 2.93. The fourth-order valence-electron chi connectivity index (χ4n) is 2.66. The molecule has 1 aromatic heterocycles. The number of nitrogens with two attached hydrogens (primary N) is 1. The van der Waals surface area contributed by atoms with Gasteiger partial charge in [-0.15, -0.1) is 11.8 Å². The van der Waals surface area contributed by atoms with Gasteiger partial charge in [-0.25, -0.2) is 0 Å². The molecule has 1 heterocycles. The Balaban J connectivity index is 1.75. The summed E-state index contributed by atoms with van der Waals surface area (Å²) in [5.41, 5.74) is 8.43. The van der Waals surface area contributed by atoms with Crippen LogP contribution in [0.2, 0.25) is 0 Å². The SMILES string of the molecule is NCCc1cccc2ccn(CCSc3ccccc3)c12. The van der Waals surface area contributed by atoms with E-state index >= 15 is 0 Å². The maximum Gasteiger partial charge on any atom is 0.0513 e. The van der Waals surface area contributed by atoms with E-state index in [4.69, 9.17) is 5.73 Å². The first-order chi connectivity index (χ1) is 10.4. The van der Waals surface area contributed by atoms with Crippen molar-refractivity contribution in [2.45, 2.75) is 17.9 Å².